The first kappa shape index (κ1) is 12.2. The SMILES string of the molecule is OCCN(CC(F)F)c1ccc2c(n1)CCC2. The van der Waals surface area contributed by atoms with Crippen LogP contribution >= 0.6 is 0 Å². The summed E-state index contributed by atoms with van der Waals surface area (Å²) in [4.78, 5) is 5.84. The van der Waals surface area contributed by atoms with E-state index in [9.17, 15) is 8.78 Å². The quantitative estimate of drug-likeness (QED) is 0.852. The van der Waals surface area contributed by atoms with E-state index in [0.29, 0.717) is 5.82 Å². The number of aliphatic hydroxyl groups excluding tert-OH is 1. The molecule has 1 aromatic heterocycles. The van der Waals surface area contributed by atoms with E-state index >= 15 is 0 Å². The van der Waals surface area contributed by atoms with E-state index in [-0.39, 0.29) is 19.7 Å². The molecule has 94 valence electrons. The molecule has 1 aliphatic carbocycles. The molecule has 0 fully saturated rings. The van der Waals surface area contributed by atoms with Gasteiger partial charge in [0.05, 0.1) is 13.2 Å². The average Bonchev–Trinajstić information content (AvgIpc) is 2.74. The highest BCUT2D eigenvalue weighted by Crippen LogP contribution is 2.23. The minimum atomic E-state index is -2.42. The number of aryl methyl sites for hydroxylation is 2. The maximum absolute atomic E-state index is 12.4. The predicted molar refractivity (Wildman–Crippen MR) is 61.6 cm³/mol. The van der Waals surface area contributed by atoms with Crippen LogP contribution < -0.4 is 4.90 Å². The van der Waals surface area contributed by atoms with Gasteiger partial charge in [0.25, 0.3) is 6.43 Å². The fourth-order valence-corrected chi connectivity index (χ4v) is 2.17. The zero-order valence-electron chi connectivity index (χ0n) is 9.57. The first-order valence-electron chi connectivity index (χ1n) is 5.83. The lowest BCUT2D eigenvalue weighted by atomic mass is 10.2. The molecule has 0 saturated heterocycles. The molecule has 1 aromatic rings. The van der Waals surface area contributed by atoms with Gasteiger partial charge in [0.1, 0.15) is 5.82 Å². The van der Waals surface area contributed by atoms with Gasteiger partial charge in [-0.15, -0.1) is 0 Å². The highest BCUT2D eigenvalue weighted by atomic mass is 19.3. The lowest BCUT2D eigenvalue weighted by Gasteiger charge is -2.22. The Balaban J connectivity index is 2.17. The van der Waals surface area contributed by atoms with Crippen LogP contribution in [0, 0.1) is 0 Å². The summed E-state index contributed by atoms with van der Waals surface area (Å²) in [6.07, 6.45) is 0.611. The van der Waals surface area contributed by atoms with Crippen molar-refractivity contribution in [3.8, 4) is 0 Å². The Morgan fingerprint density at radius 3 is 2.88 bits per heavy atom. The summed E-state index contributed by atoms with van der Waals surface area (Å²) in [6.45, 7) is -0.339. The van der Waals surface area contributed by atoms with Crippen molar-refractivity contribution in [2.45, 2.75) is 25.7 Å². The molecule has 0 aliphatic heterocycles. The van der Waals surface area contributed by atoms with Gasteiger partial charge in [0.15, 0.2) is 0 Å². The zero-order valence-corrected chi connectivity index (χ0v) is 9.57. The third-order valence-corrected chi connectivity index (χ3v) is 2.97. The zero-order chi connectivity index (χ0) is 12.3. The molecule has 0 aromatic carbocycles. The van der Waals surface area contributed by atoms with Gasteiger partial charge in [-0.25, -0.2) is 13.8 Å². The highest BCUT2D eigenvalue weighted by Gasteiger charge is 2.17. The summed E-state index contributed by atoms with van der Waals surface area (Å²) in [7, 11) is 0. The Hall–Kier alpha value is -1.23. The van der Waals surface area contributed by atoms with Crippen LogP contribution in [0.5, 0.6) is 0 Å². The third kappa shape index (κ3) is 2.91. The number of hydrogen-bond acceptors (Lipinski definition) is 3. The molecule has 17 heavy (non-hydrogen) atoms. The molecule has 5 heteroatoms. The molecule has 0 unspecified atom stereocenters. The van der Waals surface area contributed by atoms with E-state index in [4.69, 9.17) is 5.11 Å². The lowest BCUT2D eigenvalue weighted by molar-refractivity contribution is 0.152. The molecule has 0 saturated carbocycles. The summed E-state index contributed by atoms with van der Waals surface area (Å²) in [5, 5.41) is 8.89. The smallest absolute Gasteiger partial charge is 0.255 e. The molecule has 0 spiro atoms. The normalized spacial score (nSPS) is 14.1. The van der Waals surface area contributed by atoms with Crippen molar-refractivity contribution in [1.29, 1.82) is 0 Å². The second-order valence-corrected chi connectivity index (χ2v) is 4.19. The van der Waals surface area contributed by atoms with E-state index in [2.05, 4.69) is 4.98 Å². The van der Waals surface area contributed by atoms with Crippen LogP contribution in [0.2, 0.25) is 0 Å². The Labute approximate surface area is 99.1 Å². The number of rotatable bonds is 5. The summed E-state index contributed by atoms with van der Waals surface area (Å²) in [6, 6.07) is 3.72. The molecule has 0 atom stereocenters. The molecule has 0 bridgehead atoms. The number of nitrogens with zero attached hydrogens (tertiary/aromatic N) is 2. The van der Waals surface area contributed by atoms with Crippen molar-refractivity contribution in [1.82, 2.24) is 4.98 Å². The average molecular weight is 242 g/mol. The molecular weight excluding hydrogens is 226 g/mol. The number of pyridine rings is 1. The van der Waals surface area contributed by atoms with Crippen LogP contribution in [0.4, 0.5) is 14.6 Å². The summed E-state index contributed by atoms with van der Waals surface area (Å²) >= 11 is 0. The number of aliphatic hydroxyl groups is 1. The fourth-order valence-electron chi connectivity index (χ4n) is 2.17. The molecule has 1 aliphatic rings. The van der Waals surface area contributed by atoms with Crippen molar-refractivity contribution in [2.75, 3.05) is 24.6 Å². The van der Waals surface area contributed by atoms with Crippen LogP contribution in [-0.4, -0.2) is 36.2 Å². The van der Waals surface area contributed by atoms with Crippen LogP contribution in [0.15, 0.2) is 12.1 Å². The summed E-state index contributed by atoms with van der Waals surface area (Å²) in [5.74, 6) is 0.542. The van der Waals surface area contributed by atoms with Crippen molar-refractivity contribution in [3.63, 3.8) is 0 Å². The van der Waals surface area contributed by atoms with E-state index in [1.165, 1.54) is 10.5 Å². The minimum Gasteiger partial charge on any atom is -0.395 e. The fraction of sp³-hybridized carbons (Fsp3) is 0.583. The van der Waals surface area contributed by atoms with Gasteiger partial charge >= 0.3 is 0 Å². The van der Waals surface area contributed by atoms with E-state index in [0.717, 1.165) is 25.0 Å². The number of fused-ring (bicyclic) bond motifs is 1. The Bertz CT molecular complexity index is 385. The van der Waals surface area contributed by atoms with Gasteiger partial charge in [-0.1, -0.05) is 6.07 Å². The van der Waals surface area contributed by atoms with Crippen molar-refractivity contribution in [3.05, 3.63) is 23.4 Å². The monoisotopic (exact) mass is 242 g/mol. The van der Waals surface area contributed by atoms with Crippen LogP contribution in [0.25, 0.3) is 0 Å². The van der Waals surface area contributed by atoms with E-state index in [1.54, 1.807) is 6.07 Å². The molecule has 1 heterocycles. The number of aromatic nitrogens is 1. The topological polar surface area (TPSA) is 36.4 Å². The van der Waals surface area contributed by atoms with Crippen LogP contribution in [0.3, 0.4) is 0 Å². The standard InChI is InChI=1S/C12H16F2N2O/c13-11(14)8-16(6-7-17)12-5-4-9-2-1-3-10(9)15-12/h4-5,11,17H,1-3,6-8H2. The number of anilines is 1. The maximum atomic E-state index is 12.4. The van der Waals surface area contributed by atoms with Gasteiger partial charge in [-0.3, -0.25) is 0 Å². The molecule has 2 rings (SSSR count). The van der Waals surface area contributed by atoms with Crippen LogP contribution in [-0.2, 0) is 12.8 Å². The van der Waals surface area contributed by atoms with Crippen LogP contribution in [0.1, 0.15) is 17.7 Å². The second kappa shape index (κ2) is 5.40. The first-order valence-corrected chi connectivity index (χ1v) is 5.83. The summed E-state index contributed by atoms with van der Waals surface area (Å²) < 4.78 is 24.8. The molecule has 0 radical (unpaired) electrons. The number of hydrogen-bond donors (Lipinski definition) is 1. The lowest BCUT2D eigenvalue weighted by Crippen LogP contribution is -2.32. The van der Waals surface area contributed by atoms with Crippen molar-refractivity contribution in [2.24, 2.45) is 0 Å². The van der Waals surface area contributed by atoms with Gasteiger partial charge < -0.3 is 10.0 Å². The van der Waals surface area contributed by atoms with Gasteiger partial charge in [-0.2, -0.15) is 0 Å². The van der Waals surface area contributed by atoms with Gasteiger partial charge in [0, 0.05) is 12.2 Å². The molecule has 1 N–H and O–H groups in total. The molecule has 3 nitrogen and oxygen atoms in total. The molecule has 0 amide bonds. The van der Waals surface area contributed by atoms with E-state index < -0.39 is 6.43 Å². The largest absolute Gasteiger partial charge is 0.395 e. The van der Waals surface area contributed by atoms with E-state index in [1.807, 2.05) is 6.07 Å². The first-order chi connectivity index (χ1) is 8.20. The van der Waals surface area contributed by atoms with Crippen molar-refractivity contribution >= 4 is 5.82 Å². The minimum absolute atomic E-state index is 0.147. The number of halogens is 2. The predicted octanol–water partition coefficient (Wildman–Crippen LogP) is 1.63. The highest BCUT2D eigenvalue weighted by molar-refractivity contribution is 5.43. The number of alkyl halides is 2. The summed E-state index contributed by atoms with van der Waals surface area (Å²) in [5.41, 5.74) is 2.23. The van der Waals surface area contributed by atoms with Gasteiger partial charge in [-0.05, 0) is 30.9 Å². The maximum Gasteiger partial charge on any atom is 0.255 e. The Morgan fingerprint density at radius 2 is 2.18 bits per heavy atom. The molecular formula is C12H16F2N2O. The Kier molecular flexibility index (Phi) is 3.89. The van der Waals surface area contributed by atoms with Crippen molar-refractivity contribution < 1.29 is 13.9 Å². The second-order valence-electron chi connectivity index (χ2n) is 4.19. The third-order valence-electron chi connectivity index (χ3n) is 2.97. The van der Waals surface area contributed by atoms with Gasteiger partial charge in [0.2, 0.25) is 0 Å². The Morgan fingerprint density at radius 1 is 1.35 bits per heavy atom.